The van der Waals surface area contributed by atoms with E-state index in [4.69, 9.17) is 9.15 Å². The summed E-state index contributed by atoms with van der Waals surface area (Å²) in [4.78, 5) is 29.0. The molecule has 1 aliphatic rings. The van der Waals surface area contributed by atoms with Crippen molar-refractivity contribution < 1.29 is 18.7 Å². The zero-order valence-corrected chi connectivity index (χ0v) is 15.8. The highest BCUT2D eigenvalue weighted by atomic mass is 32.1. The van der Waals surface area contributed by atoms with Crippen molar-refractivity contribution in [1.29, 1.82) is 0 Å². The molecule has 140 valence electrons. The van der Waals surface area contributed by atoms with E-state index in [0.29, 0.717) is 10.8 Å². The first-order chi connectivity index (χ1) is 13.1. The van der Waals surface area contributed by atoms with Gasteiger partial charge in [-0.05, 0) is 44.0 Å². The molecule has 1 atom stereocenters. The summed E-state index contributed by atoms with van der Waals surface area (Å²) in [5, 5.41) is 3.62. The first kappa shape index (κ1) is 17.7. The van der Waals surface area contributed by atoms with Gasteiger partial charge in [0.1, 0.15) is 0 Å². The van der Waals surface area contributed by atoms with Crippen LogP contribution < -0.4 is 5.32 Å². The SMILES string of the molecule is C[C@H](OC(=O)c1ccc(-c2nc3ccccc3s2)o1)C(=O)NC1CCCC1. The van der Waals surface area contributed by atoms with Crippen LogP contribution in [-0.4, -0.2) is 29.0 Å². The maximum atomic E-state index is 12.3. The Bertz CT molecular complexity index is 938. The van der Waals surface area contributed by atoms with E-state index in [1.807, 2.05) is 24.3 Å². The van der Waals surface area contributed by atoms with Crippen LogP contribution in [0, 0.1) is 0 Å². The number of carbonyl (C=O) groups is 2. The number of fused-ring (bicyclic) bond motifs is 1. The number of thiazole rings is 1. The van der Waals surface area contributed by atoms with Crippen LogP contribution in [0.5, 0.6) is 0 Å². The van der Waals surface area contributed by atoms with Gasteiger partial charge in [-0.3, -0.25) is 4.79 Å². The monoisotopic (exact) mass is 384 g/mol. The number of esters is 1. The molecule has 0 aliphatic heterocycles. The largest absolute Gasteiger partial charge is 0.447 e. The predicted molar refractivity (Wildman–Crippen MR) is 103 cm³/mol. The normalized spacial score (nSPS) is 15.7. The molecule has 4 rings (SSSR count). The lowest BCUT2D eigenvalue weighted by Crippen LogP contribution is -2.40. The Balaban J connectivity index is 1.41. The summed E-state index contributed by atoms with van der Waals surface area (Å²) in [5.74, 6) is -0.361. The van der Waals surface area contributed by atoms with Gasteiger partial charge in [-0.1, -0.05) is 25.0 Å². The Morgan fingerprint density at radius 2 is 2.00 bits per heavy atom. The maximum absolute atomic E-state index is 12.3. The number of aromatic nitrogens is 1. The minimum absolute atomic E-state index is 0.0600. The van der Waals surface area contributed by atoms with Gasteiger partial charge in [0, 0.05) is 6.04 Å². The number of hydrogen-bond donors (Lipinski definition) is 1. The van der Waals surface area contributed by atoms with Crippen molar-refractivity contribution in [1.82, 2.24) is 10.3 Å². The third-order valence-electron chi connectivity index (χ3n) is 4.67. The van der Waals surface area contributed by atoms with Crippen molar-refractivity contribution in [3.05, 3.63) is 42.2 Å². The van der Waals surface area contributed by atoms with Gasteiger partial charge in [-0.25, -0.2) is 9.78 Å². The molecule has 1 N–H and O–H groups in total. The van der Waals surface area contributed by atoms with Crippen LogP contribution in [0.15, 0.2) is 40.8 Å². The van der Waals surface area contributed by atoms with Gasteiger partial charge in [0.05, 0.1) is 10.2 Å². The Labute approximate surface area is 160 Å². The topological polar surface area (TPSA) is 81.4 Å². The van der Waals surface area contributed by atoms with Crippen molar-refractivity contribution >= 4 is 33.4 Å². The number of carbonyl (C=O) groups excluding carboxylic acids is 2. The standard InChI is InChI=1S/C20H20N2O4S/c1-12(18(23)21-13-6-2-3-7-13)25-20(24)16-11-10-15(26-16)19-22-14-8-4-5-9-17(14)27-19/h4-5,8-13H,2-3,6-7H2,1H3,(H,21,23)/t12-/m0/s1. The minimum Gasteiger partial charge on any atom is -0.447 e. The highest BCUT2D eigenvalue weighted by molar-refractivity contribution is 7.21. The fourth-order valence-corrected chi connectivity index (χ4v) is 4.13. The van der Waals surface area contributed by atoms with Gasteiger partial charge in [0.25, 0.3) is 5.91 Å². The molecule has 0 radical (unpaired) electrons. The van der Waals surface area contributed by atoms with Crippen LogP contribution in [0.2, 0.25) is 0 Å². The van der Waals surface area contributed by atoms with Crippen LogP contribution in [0.4, 0.5) is 0 Å². The molecule has 2 aromatic heterocycles. The second-order valence-corrected chi connectivity index (χ2v) is 7.72. The van der Waals surface area contributed by atoms with Crippen molar-refractivity contribution in [3.8, 4) is 10.8 Å². The van der Waals surface area contributed by atoms with Gasteiger partial charge >= 0.3 is 5.97 Å². The second-order valence-electron chi connectivity index (χ2n) is 6.69. The molecule has 7 heteroatoms. The average molecular weight is 384 g/mol. The van der Waals surface area contributed by atoms with Gasteiger partial charge in [-0.2, -0.15) is 0 Å². The molecule has 1 fully saturated rings. The number of amides is 1. The zero-order valence-electron chi connectivity index (χ0n) is 14.9. The summed E-state index contributed by atoms with van der Waals surface area (Å²) in [6.07, 6.45) is 3.35. The van der Waals surface area contributed by atoms with E-state index in [0.717, 1.165) is 35.9 Å². The van der Waals surface area contributed by atoms with Crippen molar-refractivity contribution in [2.75, 3.05) is 0 Å². The molecule has 1 aromatic carbocycles. The number of ether oxygens (including phenoxy) is 1. The smallest absolute Gasteiger partial charge is 0.375 e. The minimum atomic E-state index is -0.867. The maximum Gasteiger partial charge on any atom is 0.375 e. The van der Waals surface area contributed by atoms with Gasteiger partial charge in [-0.15, -0.1) is 11.3 Å². The first-order valence-corrected chi connectivity index (χ1v) is 9.89. The molecule has 2 heterocycles. The molecule has 0 unspecified atom stereocenters. The fraction of sp³-hybridized carbons (Fsp3) is 0.350. The summed E-state index contributed by atoms with van der Waals surface area (Å²) in [7, 11) is 0. The third kappa shape index (κ3) is 3.88. The number of benzene rings is 1. The molecule has 1 saturated carbocycles. The third-order valence-corrected chi connectivity index (χ3v) is 5.72. The van der Waals surface area contributed by atoms with E-state index in [-0.39, 0.29) is 17.7 Å². The van der Waals surface area contributed by atoms with E-state index < -0.39 is 12.1 Å². The second kappa shape index (κ2) is 7.52. The highest BCUT2D eigenvalue weighted by Crippen LogP contribution is 2.31. The van der Waals surface area contributed by atoms with E-state index in [1.54, 1.807) is 19.1 Å². The summed E-state index contributed by atoms with van der Waals surface area (Å²) in [6.45, 7) is 1.57. The van der Waals surface area contributed by atoms with Gasteiger partial charge in [0.2, 0.25) is 5.76 Å². The van der Waals surface area contributed by atoms with Crippen LogP contribution >= 0.6 is 11.3 Å². The van der Waals surface area contributed by atoms with E-state index >= 15 is 0 Å². The van der Waals surface area contributed by atoms with Crippen LogP contribution in [0.3, 0.4) is 0 Å². The predicted octanol–water partition coefficient (Wildman–Crippen LogP) is 4.16. The number of rotatable bonds is 5. The lowest BCUT2D eigenvalue weighted by Gasteiger charge is -2.16. The number of hydrogen-bond acceptors (Lipinski definition) is 6. The molecule has 1 amide bonds. The van der Waals surface area contributed by atoms with Crippen molar-refractivity contribution in [3.63, 3.8) is 0 Å². The highest BCUT2D eigenvalue weighted by Gasteiger charge is 2.25. The lowest BCUT2D eigenvalue weighted by molar-refractivity contribution is -0.129. The van der Waals surface area contributed by atoms with Crippen LogP contribution in [0.1, 0.15) is 43.2 Å². The Kier molecular flexibility index (Phi) is 4.94. The molecular formula is C20H20N2O4S. The van der Waals surface area contributed by atoms with E-state index in [1.165, 1.54) is 11.3 Å². The fourth-order valence-electron chi connectivity index (χ4n) is 3.20. The Morgan fingerprint density at radius 3 is 2.78 bits per heavy atom. The molecule has 0 saturated heterocycles. The molecule has 0 spiro atoms. The van der Waals surface area contributed by atoms with Gasteiger partial charge < -0.3 is 14.5 Å². The lowest BCUT2D eigenvalue weighted by atomic mass is 10.2. The summed E-state index contributed by atoms with van der Waals surface area (Å²) >= 11 is 1.49. The molecule has 6 nitrogen and oxygen atoms in total. The molecule has 1 aliphatic carbocycles. The first-order valence-electron chi connectivity index (χ1n) is 9.07. The van der Waals surface area contributed by atoms with Crippen LogP contribution in [0.25, 0.3) is 21.0 Å². The molecule has 3 aromatic rings. The Hall–Kier alpha value is -2.67. The Morgan fingerprint density at radius 1 is 1.22 bits per heavy atom. The number of furan rings is 1. The van der Waals surface area contributed by atoms with E-state index in [9.17, 15) is 9.59 Å². The number of nitrogens with zero attached hydrogens (tertiary/aromatic N) is 1. The van der Waals surface area contributed by atoms with Gasteiger partial charge in [0.15, 0.2) is 16.9 Å². The number of nitrogens with one attached hydrogen (secondary N) is 1. The molecule has 0 bridgehead atoms. The number of para-hydroxylation sites is 1. The average Bonchev–Trinajstić information content (AvgIpc) is 3.40. The van der Waals surface area contributed by atoms with Crippen molar-refractivity contribution in [2.45, 2.75) is 44.8 Å². The van der Waals surface area contributed by atoms with Crippen molar-refractivity contribution in [2.24, 2.45) is 0 Å². The summed E-state index contributed by atoms with van der Waals surface area (Å²) < 4.78 is 11.9. The summed E-state index contributed by atoms with van der Waals surface area (Å²) in [5.41, 5.74) is 0.884. The molecule has 27 heavy (non-hydrogen) atoms. The van der Waals surface area contributed by atoms with E-state index in [2.05, 4.69) is 10.3 Å². The van der Waals surface area contributed by atoms with Crippen LogP contribution in [-0.2, 0) is 9.53 Å². The quantitative estimate of drug-likeness (QED) is 0.668. The summed E-state index contributed by atoms with van der Waals surface area (Å²) in [6, 6.07) is 11.2. The molecular weight excluding hydrogens is 364 g/mol. The zero-order chi connectivity index (χ0) is 18.8.